The van der Waals surface area contributed by atoms with Crippen LogP contribution in [-0.4, -0.2) is 49.9 Å². The summed E-state index contributed by atoms with van der Waals surface area (Å²) in [6.45, 7) is 1.03. The van der Waals surface area contributed by atoms with Gasteiger partial charge in [0.25, 0.3) is 11.8 Å². The van der Waals surface area contributed by atoms with Crippen molar-refractivity contribution in [2.45, 2.75) is 19.1 Å². The third-order valence-electron chi connectivity index (χ3n) is 6.20. The molecule has 0 bridgehead atoms. The second-order valence-electron chi connectivity index (χ2n) is 8.73. The Labute approximate surface area is 210 Å². The smallest absolute Gasteiger partial charge is 0.269 e. The van der Waals surface area contributed by atoms with Crippen LogP contribution in [0.1, 0.15) is 27.9 Å². The number of aliphatic imine (C=N–C) groups is 1. The molecule has 6 rings (SSSR count). The predicted octanol–water partition coefficient (Wildman–Crippen LogP) is 2.75. The number of anilines is 1. The summed E-state index contributed by atoms with van der Waals surface area (Å²) in [7, 11) is 1.77. The van der Waals surface area contributed by atoms with Gasteiger partial charge < -0.3 is 15.4 Å². The lowest BCUT2D eigenvalue weighted by molar-refractivity contribution is -0.117. The van der Waals surface area contributed by atoms with Crippen LogP contribution in [0.4, 0.5) is 10.1 Å². The second kappa shape index (κ2) is 9.01. The van der Waals surface area contributed by atoms with Crippen LogP contribution in [0.5, 0.6) is 5.88 Å². The number of ether oxygens (including phenoxy) is 1. The molecule has 2 N–H and O–H groups in total. The van der Waals surface area contributed by atoms with E-state index in [0.717, 1.165) is 6.42 Å². The van der Waals surface area contributed by atoms with E-state index < -0.39 is 23.8 Å². The van der Waals surface area contributed by atoms with Crippen molar-refractivity contribution < 1.29 is 18.7 Å². The number of aryl methyl sites for hydroxylation is 2. The first-order valence-corrected chi connectivity index (χ1v) is 11.8. The first-order chi connectivity index (χ1) is 18.0. The SMILES string of the molecule is Cn1cc(-c2nn3c(c2C(=O)N[C@H]2N=C(c4ccccc4)c4cccc(F)c4NC2=O)OCCC3)cn1. The van der Waals surface area contributed by atoms with Crippen molar-refractivity contribution in [1.82, 2.24) is 24.9 Å². The maximum atomic E-state index is 14.8. The van der Waals surface area contributed by atoms with E-state index in [9.17, 15) is 14.0 Å². The van der Waals surface area contributed by atoms with E-state index in [1.807, 2.05) is 30.3 Å². The maximum absolute atomic E-state index is 14.8. The summed E-state index contributed by atoms with van der Waals surface area (Å²) in [5, 5.41) is 14.1. The second-order valence-corrected chi connectivity index (χ2v) is 8.73. The average molecular weight is 500 g/mol. The molecule has 0 radical (unpaired) electrons. The fourth-order valence-corrected chi connectivity index (χ4v) is 4.50. The molecular weight excluding hydrogens is 477 g/mol. The van der Waals surface area contributed by atoms with Gasteiger partial charge in [-0.2, -0.15) is 10.2 Å². The Bertz CT molecular complexity index is 1560. The Hall–Kier alpha value is -4.80. The van der Waals surface area contributed by atoms with Gasteiger partial charge in [-0.15, -0.1) is 0 Å². The Kier molecular flexibility index (Phi) is 5.52. The van der Waals surface area contributed by atoms with Crippen LogP contribution >= 0.6 is 0 Å². The Morgan fingerprint density at radius 1 is 1.16 bits per heavy atom. The van der Waals surface area contributed by atoms with Crippen molar-refractivity contribution in [3.63, 3.8) is 0 Å². The highest BCUT2D eigenvalue weighted by Gasteiger charge is 2.33. The van der Waals surface area contributed by atoms with Gasteiger partial charge >= 0.3 is 0 Å². The van der Waals surface area contributed by atoms with Crippen molar-refractivity contribution in [3.8, 4) is 17.1 Å². The molecule has 4 aromatic rings. The quantitative estimate of drug-likeness (QED) is 0.448. The molecule has 37 heavy (non-hydrogen) atoms. The summed E-state index contributed by atoms with van der Waals surface area (Å²) in [5.74, 6) is -1.54. The summed E-state index contributed by atoms with van der Waals surface area (Å²) in [4.78, 5) is 31.5. The molecule has 4 heterocycles. The number of benzene rings is 2. The Balaban J connectivity index is 1.42. The first-order valence-electron chi connectivity index (χ1n) is 11.8. The number of amides is 2. The number of fused-ring (bicyclic) bond motifs is 2. The van der Waals surface area contributed by atoms with Crippen LogP contribution in [0.25, 0.3) is 11.3 Å². The van der Waals surface area contributed by atoms with E-state index in [2.05, 4.69) is 25.8 Å². The number of aromatic nitrogens is 4. The van der Waals surface area contributed by atoms with Gasteiger partial charge in [0.05, 0.1) is 24.2 Å². The number of para-hydroxylation sites is 1. The van der Waals surface area contributed by atoms with Crippen LogP contribution in [-0.2, 0) is 18.4 Å². The van der Waals surface area contributed by atoms with Gasteiger partial charge in [-0.25, -0.2) is 14.1 Å². The minimum Gasteiger partial charge on any atom is -0.477 e. The zero-order valence-electron chi connectivity index (χ0n) is 19.8. The topological polar surface area (TPSA) is 115 Å². The molecule has 0 aliphatic carbocycles. The van der Waals surface area contributed by atoms with Gasteiger partial charge in [0.2, 0.25) is 12.0 Å². The lowest BCUT2D eigenvalue weighted by atomic mass is 10.0. The zero-order chi connectivity index (χ0) is 25.5. The van der Waals surface area contributed by atoms with Gasteiger partial charge in [-0.3, -0.25) is 14.3 Å². The number of nitrogens with zero attached hydrogens (tertiary/aromatic N) is 5. The molecule has 1 atom stereocenters. The maximum Gasteiger partial charge on any atom is 0.269 e. The minimum atomic E-state index is -1.34. The lowest BCUT2D eigenvalue weighted by Gasteiger charge is -2.17. The minimum absolute atomic E-state index is 0.00847. The average Bonchev–Trinajstić information content (AvgIpc) is 3.48. The van der Waals surface area contributed by atoms with Crippen molar-refractivity contribution in [3.05, 3.63) is 83.4 Å². The normalized spacial score (nSPS) is 16.5. The fraction of sp³-hybridized carbons (Fsp3) is 0.192. The Morgan fingerprint density at radius 2 is 2.00 bits per heavy atom. The highest BCUT2D eigenvalue weighted by molar-refractivity contribution is 6.20. The molecule has 0 spiro atoms. The molecule has 2 amide bonds. The van der Waals surface area contributed by atoms with Crippen molar-refractivity contribution in [1.29, 1.82) is 0 Å². The van der Waals surface area contributed by atoms with Crippen molar-refractivity contribution >= 4 is 23.2 Å². The molecule has 186 valence electrons. The molecule has 0 saturated carbocycles. The van der Waals surface area contributed by atoms with Crippen LogP contribution in [0.2, 0.25) is 0 Å². The van der Waals surface area contributed by atoms with E-state index >= 15 is 0 Å². The van der Waals surface area contributed by atoms with Crippen molar-refractivity contribution in [2.75, 3.05) is 11.9 Å². The molecule has 11 heteroatoms. The lowest BCUT2D eigenvalue weighted by Crippen LogP contribution is -2.42. The molecule has 2 aliphatic rings. The highest BCUT2D eigenvalue weighted by Crippen LogP contribution is 2.33. The summed E-state index contributed by atoms with van der Waals surface area (Å²) in [6.07, 6.45) is 2.76. The summed E-state index contributed by atoms with van der Waals surface area (Å²) >= 11 is 0. The fourth-order valence-electron chi connectivity index (χ4n) is 4.50. The summed E-state index contributed by atoms with van der Waals surface area (Å²) in [5.41, 5.74) is 2.68. The Morgan fingerprint density at radius 3 is 2.78 bits per heavy atom. The first kappa shape index (κ1) is 22.7. The molecule has 2 aromatic heterocycles. The van der Waals surface area contributed by atoms with Gasteiger partial charge in [0.1, 0.15) is 17.1 Å². The monoisotopic (exact) mass is 499 g/mol. The number of rotatable bonds is 4. The molecule has 0 unspecified atom stereocenters. The number of halogens is 1. The number of hydrogen-bond donors (Lipinski definition) is 2. The van der Waals surface area contributed by atoms with Crippen LogP contribution in [0.3, 0.4) is 0 Å². The van der Waals surface area contributed by atoms with E-state index in [-0.39, 0.29) is 11.3 Å². The van der Waals surface area contributed by atoms with E-state index in [1.165, 1.54) is 6.07 Å². The standard InChI is InChI=1S/C26H22FN7O3/c1-33-14-16(13-28-33)21-19(26-34(32-21)11-6-12-37-26)24(35)31-23-25(36)30-22-17(9-5-10-18(22)27)20(29-23)15-7-3-2-4-8-15/h2-5,7-10,13-14,23H,6,11-12H2,1H3,(H,30,36)(H,31,35)/t23-/m1/s1. The number of carbonyl (C=O) groups excluding carboxylic acids is 2. The molecule has 0 saturated heterocycles. The van der Waals surface area contributed by atoms with Gasteiger partial charge in [-0.1, -0.05) is 42.5 Å². The zero-order valence-corrected chi connectivity index (χ0v) is 19.8. The van der Waals surface area contributed by atoms with Gasteiger partial charge in [0, 0.05) is 42.9 Å². The third-order valence-corrected chi connectivity index (χ3v) is 6.20. The summed E-state index contributed by atoms with van der Waals surface area (Å²) in [6, 6.07) is 13.6. The van der Waals surface area contributed by atoms with E-state index in [4.69, 9.17) is 4.74 Å². The van der Waals surface area contributed by atoms with E-state index in [0.29, 0.717) is 47.1 Å². The predicted molar refractivity (Wildman–Crippen MR) is 133 cm³/mol. The van der Waals surface area contributed by atoms with Crippen LogP contribution in [0.15, 0.2) is 65.9 Å². The number of carbonyl (C=O) groups is 2. The largest absolute Gasteiger partial charge is 0.477 e. The van der Waals surface area contributed by atoms with Gasteiger partial charge in [-0.05, 0) is 6.07 Å². The molecule has 10 nitrogen and oxygen atoms in total. The van der Waals surface area contributed by atoms with E-state index in [1.54, 1.807) is 40.9 Å². The molecule has 0 fully saturated rings. The molecular formula is C26H22FN7O3. The molecule has 2 aromatic carbocycles. The van der Waals surface area contributed by atoms with Crippen LogP contribution in [0, 0.1) is 5.82 Å². The summed E-state index contributed by atoms with van der Waals surface area (Å²) < 4.78 is 23.8. The van der Waals surface area contributed by atoms with Gasteiger partial charge in [0.15, 0.2) is 0 Å². The third kappa shape index (κ3) is 4.03. The number of benzodiazepines with no additional fused rings is 1. The number of hydrogen-bond acceptors (Lipinski definition) is 6. The van der Waals surface area contributed by atoms with Crippen LogP contribution < -0.4 is 15.4 Å². The molecule has 2 aliphatic heterocycles. The highest BCUT2D eigenvalue weighted by atomic mass is 19.1. The van der Waals surface area contributed by atoms with Crippen molar-refractivity contribution in [2.24, 2.45) is 12.0 Å². The number of nitrogens with one attached hydrogen (secondary N) is 2.